The first kappa shape index (κ1) is 12.9. The molecule has 2 rings (SSSR count). The molecular weight excluding hydrogens is 244 g/mol. The van der Waals surface area contributed by atoms with Crippen molar-refractivity contribution in [3.63, 3.8) is 0 Å². The average Bonchev–Trinajstić information content (AvgIpc) is 2.77. The van der Waals surface area contributed by atoms with Crippen LogP contribution in [0.2, 0.25) is 0 Å². The fourth-order valence-electron chi connectivity index (χ4n) is 1.69. The molecule has 0 aliphatic heterocycles. The van der Waals surface area contributed by atoms with Crippen LogP contribution in [0.25, 0.3) is 0 Å². The number of amides is 1. The summed E-state index contributed by atoms with van der Waals surface area (Å²) >= 11 is 0. The van der Waals surface area contributed by atoms with Crippen LogP contribution in [0.1, 0.15) is 5.56 Å². The van der Waals surface area contributed by atoms with Crippen LogP contribution in [0.3, 0.4) is 0 Å². The largest absolute Gasteiger partial charge is 0.508 e. The number of rotatable bonds is 4. The minimum atomic E-state index is -0.0591. The van der Waals surface area contributed by atoms with Crippen molar-refractivity contribution in [3.8, 4) is 5.75 Å². The fourth-order valence-corrected chi connectivity index (χ4v) is 1.69. The van der Waals surface area contributed by atoms with E-state index < -0.39 is 0 Å². The highest BCUT2D eigenvalue weighted by atomic mass is 16.3. The Balaban J connectivity index is 1.94. The highest BCUT2D eigenvalue weighted by molar-refractivity contribution is 5.75. The van der Waals surface area contributed by atoms with Crippen LogP contribution < -0.4 is 5.73 Å². The van der Waals surface area contributed by atoms with Gasteiger partial charge in [0.1, 0.15) is 18.1 Å². The highest BCUT2D eigenvalue weighted by Crippen LogP contribution is 2.11. The molecule has 0 saturated heterocycles. The van der Waals surface area contributed by atoms with E-state index >= 15 is 0 Å². The van der Waals surface area contributed by atoms with Gasteiger partial charge >= 0.3 is 0 Å². The molecule has 6 nitrogen and oxygen atoms in total. The number of likely N-dealkylation sites (N-methyl/N-ethyl adjacent to an activating group) is 1. The van der Waals surface area contributed by atoms with Gasteiger partial charge in [-0.2, -0.15) is 5.10 Å². The molecule has 3 N–H and O–H groups in total. The Kier molecular flexibility index (Phi) is 3.70. The summed E-state index contributed by atoms with van der Waals surface area (Å²) in [5.41, 5.74) is 6.44. The smallest absolute Gasteiger partial charge is 0.244 e. The van der Waals surface area contributed by atoms with Crippen LogP contribution in [0.15, 0.2) is 36.5 Å². The number of aromatic nitrogens is 2. The zero-order valence-electron chi connectivity index (χ0n) is 10.7. The van der Waals surface area contributed by atoms with E-state index in [2.05, 4.69) is 5.10 Å². The van der Waals surface area contributed by atoms with Gasteiger partial charge in [-0.3, -0.25) is 9.48 Å². The van der Waals surface area contributed by atoms with Gasteiger partial charge in [0, 0.05) is 19.8 Å². The quantitative estimate of drug-likeness (QED) is 0.852. The molecule has 0 spiro atoms. The number of nitrogens with two attached hydrogens (primary N) is 1. The van der Waals surface area contributed by atoms with Gasteiger partial charge in [0.15, 0.2) is 0 Å². The van der Waals surface area contributed by atoms with E-state index in [0.29, 0.717) is 12.4 Å². The Bertz CT molecular complexity index is 562. The van der Waals surface area contributed by atoms with Crippen molar-refractivity contribution in [1.29, 1.82) is 0 Å². The third-order valence-electron chi connectivity index (χ3n) is 2.74. The van der Waals surface area contributed by atoms with Gasteiger partial charge in [-0.25, -0.2) is 0 Å². The first-order valence-corrected chi connectivity index (χ1v) is 5.85. The van der Waals surface area contributed by atoms with E-state index in [1.165, 1.54) is 4.68 Å². The van der Waals surface area contributed by atoms with Crippen LogP contribution >= 0.6 is 0 Å². The molecule has 0 bridgehead atoms. The molecule has 1 amide bonds. The molecule has 0 unspecified atom stereocenters. The maximum absolute atomic E-state index is 12.0. The second-order valence-electron chi connectivity index (χ2n) is 4.35. The van der Waals surface area contributed by atoms with E-state index in [1.807, 2.05) is 0 Å². The minimum Gasteiger partial charge on any atom is -0.508 e. The van der Waals surface area contributed by atoms with Crippen molar-refractivity contribution >= 4 is 11.7 Å². The summed E-state index contributed by atoms with van der Waals surface area (Å²) in [4.78, 5) is 13.6. The molecule has 100 valence electrons. The monoisotopic (exact) mass is 260 g/mol. The summed E-state index contributed by atoms with van der Waals surface area (Å²) in [6, 6.07) is 8.41. The lowest BCUT2D eigenvalue weighted by Gasteiger charge is -2.17. The predicted molar refractivity (Wildman–Crippen MR) is 71.2 cm³/mol. The van der Waals surface area contributed by atoms with Crippen molar-refractivity contribution < 1.29 is 9.90 Å². The second kappa shape index (κ2) is 5.43. The summed E-state index contributed by atoms with van der Waals surface area (Å²) in [6.07, 6.45) is 1.67. The number of hydrogen-bond acceptors (Lipinski definition) is 4. The van der Waals surface area contributed by atoms with Gasteiger partial charge in [0.25, 0.3) is 0 Å². The zero-order chi connectivity index (χ0) is 13.8. The van der Waals surface area contributed by atoms with E-state index in [4.69, 9.17) is 5.73 Å². The third-order valence-corrected chi connectivity index (χ3v) is 2.74. The summed E-state index contributed by atoms with van der Waals surface area (Å²) in [5, 5.41) is 13.2. The predicted octanol–water partition coefficient (Wildman–Crippen LogP) is 0.830. The van der Waals surface area contributed by atoms with E-state index in [-0.39, 0.29) is 18.2 Å². The van der Waals surface area contributed by atoms with Gasteiger partial charge < -0.3 is 15.7 Å². The van der Waals surface area contributed by atoms with Crippen LogP contribution in [-0.4, -0.2) is 32.7 Å². The molecule has 1 aromatic carbocycles. The van der Waals surface area contributed by atoms with Gasteiger partial charge in [-0.05, 0) is 23.8 Å². The lowest BCUT2D eigenvalue weighted by Crippen LogP contribution is -2.29. The number of carbonyl (C=O) groups is 1. The lowest BCUT2D eigenvalue weighted by molar-refractivity contribution is -0.131. The number of aromatic hydroxyl groups is 1. The number of carbonyl (C=O) groups excluding carboxylic acids is 1. The molecule has 1 heterocycles. The van der Waals surface area contributed by atoms with Crippen molar-refractivity contribution in [2.75, 3.05) is 12.8 Å². The van der Waals surface area contributed by atoms with Crippen molar-refractivity contribution in [3.05, 3.63) is 42.1 Å². The molecule has 1 aromatic heterocycles. The van der Waals surface area contributed by atoms with E-state index in [9.17, 15) is 9.90 Å². The molecule has 2 aromatic rings. The summed E-state index contributed by atoms with van der Waals surface area (Å²) in [5.74, 6) is 0.551. The Morgan fingerprint density at radius 2 is 2.05 bits per heavy atom. The number of nitrogens with zero attached hydrogens (tertiary/aromatic N) is 3. The molecule has 0 radical (unpaired) electrons. The Labute approximate surface area is 111 Å². The highest BCUT2D eigenvalue weighted by Gasteiger charge is 2.10. The molecule has 19 heavy (non-hydrogen) atoms. The summed E-state index contributed by atoms with van der Waals surface area (Å²) < 4.78 is 1.50. The summed E-state index contributed by atoms with van der Waals surface area (Å²) in [6.45, 7) is 0.641. The fraction of sp³-hybridized carbons (Fsp3) is 0.231. The molecule has 0 atom stereocenters. The maximum Gasteiger partial charge on any atom is 0.244 e. The first-order chi connectivity index (χ1) is 9.04. The first-order valence-electron chi connectivity index (χ1n) is 5.85. The minimum absolute atomic E-state index is 0.0591. The number of nitrogen functional groups attached to an aromatic ring is 1. The van der Waals surface area contributed by atoms with Crippen molar-refractivity contribution in [2.45, 2.75) is 13.1 Å². The zero-order valence-corrected chi connectivity index (χ0v) is 10.7. The van der Waals surface area contributed by atoms with Crippen molar-refractivity contribution in [2.24, 2.45) is 0 Å². The van der Waals surface area contributed by atoms with Crippen molar-refractivity contribution in [1.82, 2.24) is 14.7 Å². The maximum atomic E-state index is 12.0. The number of benzene rings is 1. The molecule has 0 aliphatic carbocycles. The number of anilines is 1. The van der Waals surface area contributed by atoms with Crippen LogP contribution in [0.5, 0.6) is 5.75 Å². The Hall–Kier alpha value is -2.50. The number of hydrogen-bond donors (Lipinski definition) is 2. The Morgan fingerprint density at radius 3 is 2.63 bits per heavy atom. The standard InChI is InChI=1S/C13H16N4O2/c1-16(8-10-2-4-11(18)5-3-10)13(19)9-17-7-6-12(14)15-17/h2-7,18H,8-9H2,1H3,(H2,14,15). The number of phenolic OH excluding ortho intramolecular Hbond substituents is 1. The van der Waals surface area contributed by atoms with Crippen LogP contribution in [0, 0.1) is 0 Å². The summed E-state index contributed by atoms with van der Waals surface area (Å²) in [7, 11) is 1.72. The van der Waals surface area contributed by atoms with E-state index in [1.54, 1.807) is 48.5 Å². The number of phenols is 1. The molecular formula is C13H16N4O2. The normalized spacial score (nSPS) is 10.4. The van der Waals surface area contributed by atoms with E-state index in [0.717, 1.165) is 5.56 Å². The van der Waals surface area contributed by atoms with Gasteiger partial charge in [0.2, 0.25) is 5.91 Å². The lowest BCUT2D eigenvalue weighted by atomic mass is 10.2. The van der Waals surface area contributed by atoms with Gasteiger partial charge in [0.05, 0.1) is 0 Å². The molecule has 0 saturated carbocycles. The molecule has 6 heteroatoms. The molecule has 0 aliphatic rings. The average molecular weight is 260 g/mol. The van der Waals surface area contributed by atoms with Gasteiger partial charge in [-0.1, -0.05) is 12.1 Å². The van der Waals surface area contributed by atoms with Gasteiger partial charge in [-0.15, -0.1) is 0 Å². The topological polar surface area (TPSA) is 84.4 Å². The van der Waals surface area contributed by atoms with Crippen LogP contribution in [-0.2, 0) is 17.9 Å². The third kappa shape index (κ3) is 3.48. The van der Waals surface area contributed by atoms with Crippen LogP contribution in [0.4, 0.5) is 5.82 Å². The second-order valence-corrected chi connectivity index (χ2v) is 4.35. The molecule has 0 fully saturated rings. The SMILES string of the molecule is CN(Cc1ccc(O)cc1)C(=O)Cn1ccc(N)n1. The Morgan fingerprint density at radius 1 is 1.37 bits per heavy atom.